The Morgan fingerprint density at radius 1 is 1.15 bits per heavy atom. The molecular weight excluding hydrogens is 258 g/mol. The summed E-state index contributed by atoms with van der Waals surface area (Å²) in [6.07, 6.45) is 0. The second kappa shape index (κ2) is 8.04. The van der Waals surface area contributed by atoms with E-state index >= 15 is 0 Å². The Hall–Kier alpha value is -2.24. The largest absolute Gasteiger partial charge is 0.508 e. The van der Waals surface area contributed by atoms with Gasteiger partial charge in [0.25, 0.3) is 5.91 Å². The Morgan fingerprint density at radius 2 is 1.80 bits per heavy atom. The van der Waals surface area contributed by atoms with Gasteiger partial charge in [0.2, 0.25) is 0 Å². The number of rotatable bonds is 6. The first-order valence-corrected chi connectivity index (χ1v) is 6.68. The molecule has 0 radical (unpaired) electrons. The van der Waals surface area contributed by atoms with Crippen molar-refractivity contribution in [1.82, 2.24) is 15.5 Å². The molecule has 6 nitrogen and oxygen atoms in total. The second-order valence-corrected chi connectivity index (χ2v) is 4.21. The standard InChI is InChI=1S/C14H21N3O3/c1-3-17(4-2)14(20)16-9-8-15-13(19)11-6-5-7-12(18)10-11/h5-7,10,18H,3-4,8-9H2,1-2H3,(H,15,19)(H,16,20). The third-order valence-electron chi connectivity index (χ3n) is 2.85. The molecule has 1 aromatic carbocycles. The summed E-state index contributed by atoms with van der Waals surface area (Å²) in [7, 11) is 0. The van der Waals surface area contributed by atoms with Gasteiger partial charge in [-0.3, -0.25) is 4.79 Å². The van der Waals surface area contributed by atoms with Crippen LogP contribution >= 0.6 is 0 Å². The SMILES string of the molecule is CCN(CC)C(=O)NCCNC(=O)c1cccc(O)c1. The molecular formula is C14H21N3O3. The van der Waals surface area contributed by atoms with Crippen molar-refractivity contribution in [3.8, 4) is 5.75 Å². The summed E-state index contributed by atoms with van der Waals surface area (Å²) in [5.74, 6) is -0.231. The van der Waals surface area contributed by atoms with Gasteiger partial charge in [0.15, 0.2) is 0 Å². The number of nitrogens with one attached hydrogen (secondary N) is 2. The normalized spacial score (nSPS) is 9.90. The van der Waals surface area contributed by atoms with Crippen LogP contribution in [0, 0.1) is 0 Å². The number of carbonyl (C=O) groups excluding carboxylic acids is 2. The maximum absolute atomic E-state index is 11.7. The molecule has 20 heavy (non-hydrogen) atoms. The minimum absolute atomic E-state index is 0.0486. The Kier molecular flexibility index (Phi) is 6.36. The summed E-state index contributed by atoms with van der Waals surface area (Å²) < 4.78 is 0. The number of urea groups is 1. The molecule has 1 aromatic rings. The zero-order chi connectivity index (χ0) is 15.0. The molecule has 0 aromatic heterocycles. The molecule has 110 valence electrons. The van der Waals surface area contributed by atoms with Crippen LogP contribution in [0.15, 0.2) is 24.3 Å². The number of benzene rings is 1. The third kappa shape index (κ3) is 4.79. The van der Waals surface area contributed by atoms with E-state index in [1.807, 2.05) is 13.8 Å². The lowest BCUT2D eigenvalue weighted by Crippen LogP contribution is -2.42. The molecule has 0 saturated heterocycles. The summed E-state index contributed by atoms with van der Waals surface area (Å²) in [5.41, 5.74) is 0.389. The number of phenolic OH excluding ortho intramolecular Hbond substituents is 1. The Bertz CT molecular complexity index is 459. The van der Waals surface area contributed by atoms with E-state index in [9.17, 15) is 14.7 Å². The molecule has 6 heteroatoms. The van der Waals surface area contributed by atoms with Gasteiger partial charge >= 0.3 is 6.03 Å². The first-order chi connectivity index (χ1) is 9.58. The predicted octanol–water partition coefficient (Wildman–Crippen LogP) is 1.17. The number of phenols is 1. The monoisotopic (exact) mass is 279 g/mol. The number of carbonyl (C=O) groups is 2. The van der Waals surface area contributed by atoms with E-state index in [4.69, 9.17) is 0 Å². The van der Waals surface area contributed by atoms with Crippen molar-refractivity contribution in [3.63, 3.8) is 0 Å². The van der Waals surface area contributed by atoms with Crippen LogP contribution in [-0.4, -0.2) is 48.1 Å². The average Bonchev–Trinajstić information content (AvgIpc) is 2.44. The van der Waals surface area contributed by atoms with Crippen LogP contribution < -0.4 is 10.6 Å². The zero-order valence-corrected chi connectivity index (χ0v) is 11.8. The van der Waals surface area contributed by atoms with E-state index in [1.165, 1.54) is 12.1 Å². The molecule has 0 atom stereocenters. The molecule has 0 spiro atoms. The van der Waals surface area contributed by atoms with E-state index in [1.54, 1.807) is 17.0 Å². The topological polar surface area (TPSA) is 81.7 Å². The van der Waals surface area contributed by atoms with Crippen molar-refractivity contribution in [2.75, 3.05) is 26.2 Å². The van der Waals surface area contributed by atoms with Gasteiger partial charge in [-0.2, -0.15) is 0 Å². The molecule has 0 aliphatic rings. The molecule has 1 rings (SSSR count). The highest BCUT2D eigenvalue weighted by Gasteiger charge is 2.08. The zero-order valence-electron chi connectivity index (χ0n) is 11.8. The minimum atomic E-state index is -0.280. The Labute approximate surface area is 118 Å². The van der Waals surface area contributed by atoms with Gasteiger partial charge in [-0.25, -0.2) is 4.79 Å². The van der Waals surface area contributed by atoms with E-state index < -0.39 is 0 Å². The van der Waals surface area contributed by atoms with E-state index in [0.717, 1.165) is 0 Å². The van der Waals surface area contributed by atoms with Gasteiger partial charge < -0.3 is 20.6 Å². The van der Waals surface area contributed by atoms with E-state index in [0.29, 0.717) is 31.7 Å². The molecule has 3 amide bonds. The quantitative estimate of drug-likeness (QED) is 0.684. The molecule has 0 saturated carbocycles. The lowest BCUT2D eigenvalue weighted by atomic mass is 10.2. The van der Waals surface area contributed by atoms with Gasteiger partial charge in [0.05, 0.1) is 0 Å². The average molecular weight is 279 g/mol. The number of hydrogen-bond donors (Lipinski definition) is 3. The highest BCUT2D eigenvalue weighted by molar-refractivity contribution is 5.94. The highest BCUT2D eigenvalue weighted by Crippen LogP contribution is 2.10. The maximum atomic E-state index is 11.7. The smallest absolute Gasteiger partial charge is 0.317 e. The van der Waals surface area contributed by atoms with Crippen LogP contribution in [0.5, 0.6) is 5.75 Å². The minimum Gasteiger partial charge on any atom is -0.508 e. The van der Waals surface area contributed by atoms with Crippen LogP contribution in [0.25, 0.3) is 0 Å². The van der Waals surface area contributed by atoms with Gasteiger partial charge in [-0.15, -0.1) is 0 Å². The van der Waals surface area contributed by atoms with E-state index in [2.05, 4.69) is 10.6 Å². The molecule has 0 unspecified atom stereocenters. The summed E-state index contributed by atoms with van der Waals surface area (Å²) in [6, 6.07) is 5.97. The number of nitrogens with zero attached hydrogens (tertiary/aromatic N) is 1. The van der Waals surface area contributed by atoms with Crippen molar-refractivity contribution in [2.45, 2.75) is 13.8 Å². The summed E-state index contributed by atoms with van der Waals surface area (Å²) in [4.78, 5) is 25.0. The highest BCUT2D eigenvalue weighted by atomic mass is 16.3. The van der Waals surface area contributed by atoms with Gasteiger partial charge in [-0.1, -0.05) is 6.07 Å². The van der Waals surface area contributed by atoms with Crippen molar-refractivity contribution in [3.05, 3.63) is 29.8 Å². The Morgan fingerprint density at radius 3 is 2.40 bits per heavy atom. The summed E-state index contributed by atoms with van der Waals surface area (Å²) in [6.45, 7) is 5.82. The molecule has 3 N–H and O–H groups in total. The van der Waals surface area contributed by atoms with Gasteiger partial charge in [0, 0.05) is 31.7 Å². The van der Waals surface area contributed by atoms with E-state index in [-0.39, 0.29) is 17.7 Å². The van der Waals surface area contributed by atoms with Crippen molar-refractivity contribution < 1.29 is 14.7 Å². The van der Waals surface area contributed by atoms with Crippen molar-refractivity contribution in [2.24, 2.45) is 0 Å². The third-order valence-corrected chi connectivity index (χ3v) is 2.85. The van der Waals surface area contributed by atoms with Crippen LogP contribution in [0.2, 0.25) is 0 Å². The summed E-state index contributed by atoms with van der Waals surface area (Å²) >= 11 is 0. The maximum Gasteiger partial charge on any atom is 0.317 e. The fraction of sp³-hybridized carbons (Fsp3) is 0.429. The molecule has 0 bridgehead atoms. The van der Waals surface area contributed by atoms with Crippen molar-refractivity contribution in [1.29, 1.82) is 0 Å². The number of amides is 3. The van der Waals surface area contributed by atoms with Crippen LogP contribution in [-0.2, 0) is 0 Å². The number of aromatic hydroxyl groups is 1. The Balaban J connectivity index is 2.31. The lowest BCUT2D eigenvalue weighted by molar-refractivity contribution is 0.0953. The fourth-order valence-corrected chi connectivity index (χ4v) is 1.72. The second-order valence-electron chi connectivity index (χ2n) is 4.21. The first-order valence-electron chi connectivity index (χ1n) is 6.68. The van der Waals surface area contributed by atoms with Crippen LogP contribution in [0.1, 0.15) is 24.2 Å². The molecule has 0 aliphatic heterocycles. The van der Waals surface area contributed by atoms with Gasteiger partial charge in [-0.05, 0) is 32.0 Å². The summed E-state index contributed by atoms with van der Waals surface area (Å²) in [5, 5.41) is 14.7. The molecule has 0 heterocycles. The van der Waals surface area contributed by atoms with Crippen LogP contribution in [0.3, 0.4) is 0 Å². The van der Waals surface area contributed by atoms with Crippen molar-refractivity contribution >= 4 is 11.9 Å². The van der Waals surface area contributed by atoms with Gasteiger partial charge in [0.1, 0.15) is 5.75 Å². The number of hydrogen-bond acceptors (Lipinski definition) is 3. The molecule has 0 fully saturated rings. The van der Waals surface area contributed by atoms with Crippen LogP contribution in [0.4, 0.5) is 4.79 Å². The first kappa shape index (κ1) is 15.8. The molecule has 0 aliphatic carbocycles. The fourth-order valence-electron chi connectivity index (χ4n) is 1.72. The predicted molar refractivity (Wildman–Crippen MR) is 76.8 cm³/mol. The lowest BCUT2D eigenvalue weighted by Gasteiger charge is -2.19.